The molecule has 2 rings (SSSR count). The average molecular weight is 566 g/mol. The number of guanidine groups is 1. The Labute approximate surface area is 190 Å². The number of sulfonamides is 1. The number of nitrogens with zero attached hydrogens (tertiary/aromatic N) is 3. The number of nitrogens with one attached hydrogen (secondary N) is 2. The van der Waals surface area contributed by atoms with E-state index in [9.17, 15) is 8.42 Å². The summed E-state index contributed by atoms with van der Waals surface area (Å²) in [4.78, 5) is 4.12. The number of hydrogen-bond acceptors (Lipinski definition) is 4. The van der Waals surface area contributed by atoms with Crippen LogP contribution in [0.3, 0.4) is 0 Å². The maximum Gasteiger partial charge on any atom is 0.252 e. The van der Waals surface area contributed by atoms with E-state index in [1.165, 1.54) is 15.6 Å². The predicted octanol–water partition coefficient (Wildman–Crippen LogP) is 3.00. The number of halogens is 3. The third-order valence-electron chi connectivity index (χ3n) is 3.76. The van der Waals surface area contributed by atoms with E-state index in [1.54, 1.807) is 42.2 Å². The molecule has 0 bridgehead atoms. The molecule has 0 saturated carbocycles. The SMILES string of the molecule is CN=C(NCCN(C)S(=O)(=O)c1cccs1)NCc1cc(Cl)c(Cl)n1C.I. The van der Waals surface area contributed by atoms with E-state index in [0.29, 0.717) is 40.0 Å². The van der Waals surface area contributed by atoms with Crippen molar-refractivity contribution in [3.05, 3.63) is 39.4 Å². The first-order valence-electron chi connectivity index (χ1n) is 7.71. The van der Waals surface area contributed by atoms with Crippen LogP contribution in [-0.4, -0.2) is 50.4 Å². The lowest BCUT2D eigenvalue weighted by Gasteiger charge is -2.18. The van der Waals surface area contributed by atoms with Crippen molar-refractivity contribution in [1.29, 1.82) is 0 Å². The molecule has 152 valence electrons. The summed E-state index contributed by atoms with van der Waals surface area (Å²) >= 11 is 13.2. The molecule has 2 heterocycles. The molecular weight excluding hydrogens is 544 g/mol. The van der Waals surface area contributed by atoms with Crippen LogP contribution in [0.15, 0.2) is 32.8 Å². The van der Waals surface area contributed by atoms with Gasteiger partial charge in [-0.15, -0.1) is 35.3 Å². The summed E-state index contributed by atoms with van der Waals surface area (Å²) in [5.41, 5.74) is 0.903. The van der Waals surface area contributed by atoms with Gasteiger partial charge in [-0.2, -0.15) is 4.31 Å². The molecule has 0 fully saturated rings. The molecule has 0 spiro atoms. The van der Waals surface area contributed by atoms with Gasteiger partial charge in [-0.05, 0) is 17.5 Å². The number of aromatic nitrogens is 1. The summed E-state index contributed by atoms with van der Waals surface area (Å²) in [5, 5.41) is 8.95. The molecule has 27 heavy (non-hydrogen) atoms. The van der Waals surface area contributed by atoms with Gasteiger partial charge in [0.1, 0.15) is 9.36 Å². The summed E-state index contributed by atoms with van der Waals surface area (Å²) in [6, 6.07) is 5.10. The predicted molar refractivity (Wildman–Crippen MR) is 123 cm³/mol. The first kappa shape index (κ1) is 24.5. The Morgan fingerprint density at radius 1 is 1.37 bits per heavy atom. The van der Waals surface area contributed by atoms with E-state index in [4.69, 9.17) is 23.2 Å². The molecule has 0 aliphatic rings. The van der Waals surface area contributed by atoms with Crippen molar-refractivity contribution in [3.63, 3.8) is 0 Å². The first-order chi connectivity index (χ1) is 12.3. The molecule has 0 saturated heterocycles. The molecule has 0 aromatic carbocycles. The minimum atomic E-state index is -3.44. The smallest absolute Gasteiger partial charge is 0.252 e. The second kappa shape index (κ2) is 10.9. The Morgan fingerprint density at radius 2 is 2.07 bits per heavy atom. The van der Waals surface area contributed by atoms with Crippen LogP contribution < -0.4 is 10.6 Å². The average Bonchev–Trinajstić information content (AvgIpc) is 3.23. The Morgan fingerprint density at radius 3 is 2.59 bits per heavy atom. The number of likely N-dealkylation sites (N-methyl/N-ethyl adjacent to an activating group) is 1. The molecule has 2 aromatic rings. The number of thiophene rings is 1. The second-order valence-corrected chi connectivity index (χ2v) is 9.43. The van der Waals surface area contributed by atoms with Gasteiger partial charge in [0.2, 0.25) is 0 Å². The Balaban J connectivity index is 0.00000364. The standard InChI is InChI=1S/C15H21Cl2N5O2S2.HI/c1-18-15(20-10-11-9-12(16)14(17)22(11)3)19-6-7-21(2)26(23,24)13-5-4-8-25-13;/h4-5,8-9H,6-7,10H2,1-3H3,(H2,18,19,20);1H. The summed E-state index contributed by atoms with van der Waals surface area (Å²) in [6.07, 6.45) is 0. The highest BCUT2D eigenvalue weighted by atomic mass is 127. The molecule has 12 heteroatoms. The third kappa shape index (κ3) is 6.23. The van der Waals surface area contributed by atoms with E-state index < -0.39 is 10.0 Å². The van der Waals surface area contributed by atoms with Gasteiger partial charge in [0, 0.05) is 39.9 Å². The van der Waals surface area contributed by atoms with Crippen LogP contribution in [0.4, 0.5) is 0 Å². The van der Waals surface area contributed by atoms with Crippen molar-refractivity contribution in [2.45, 2.75) is 10.8 Å². The van der Waals surface area contributed by atoms with Crippen LogP contribution in [0.25, 0.3) is 0 Å². The largest absolute Gasteiger partial charge is 0.355 e. The molecule has 2 N–H and O–H groups in total. The highest BCUT2D eigenvalue weighted by molar-refractivity contribution is 14.0. The monoisotopic (exact) mass is 565 g/mol. The number of hydrogen-bond donors (Lipinski definition) is 2. The molecular formula is C15H22Cl2IN5O2S2. The zero-order chi connectivity index (χ0) is 19.3. The minimum absolute atomic E-state index is 0. The van der Waals surface area contributed by atoms with E-state index in [0.717, 1.165) is 5.69 Å². The number of rotatable bonds is 7. The van der Waals surface area contributed by atoms with E-state index >= 15 is 0 Å². The van der Waals surface area contributed by atoms with Crippen molar-refractivity contribution < 1.29 is 8.42 Å². The molecule has 2 aromatic heterocycles. The molecule has 0 amide bonds. The quantitative estimate of drug-likeness (QED) is 0.307. The van der Waals surface area contributed by atoms with Crippen LogP contribution in [-0.2, 0) is 23.6 Å². The number of aliphatic imine (C=N–C) groups is 1. The third-order valence-corrected chi connectivity index (χ3v) is 7.83. The summed E-state index contributed by atoms with van der Waals surface area (Å²) < 4.78 is 28.1. The second-order valence-electron chi connectivity index (χ2n) is 5.44. The molecule has 0 unspecified atom stereocenters. The van der Waals surface area contributed by atoms with E-state index in [1.807, 2.05) is 7.05 Å². The van der Waals surface area contributed by atoms with Crippen LogP contribution in [0.2, 0.25) is 10.2 Å². The van der Waals surface area contributed by atoms with Gasteiger partial charge >= 0.3 is 0 Å². The summed E-state index contributed by atoms with van der Waals surface area (Å²) in [6.45, 7) is 1.20. The van der Waals surface area contributed by atoms with Gasteiger partial charge < -0.3 is 15.2 Å². The van der Waals surface area contributed by atoms with Gasteiger partial charge in [-0.1, -0.05) is 29.3 Å². The fraction of sp³-hybridized carbons (Fsp3) is 0.400. The summed E-state index contributed by atoms with van der Waals surface area (Å²) in [5.74, 6) is 0.556. The zero-order valence-corrected chi connectivity index (χ0v) is 20.5. The topological polar surface area (TPSA) is 78.7 Å². The minimum Gasteiger partial charge on any atom is -0.355 e. The van der Waals surface area contributed by atoms with Crippen LogP contribution in [0.5, 0.6) is 0 Å². The summed E-state index contributed by atoms with van der Waals surface area (Å²) in [7, 11) is 1.58. The Kier molecular flexibility index (Phi) is 9.86. The van der Waals surface area contributed by atoms with Crippen molar-refractivity contribution in [3.8, 4) is 0 Å². The first-order valence-corrected chi connectivity index (χ1v) is 10.8. The van der Waals surface area contributed by atoms with Crippen LogP contribution >= 0.6 is 58.5 Å². The maximum absolute atomic E-state index is 12.4. The highest BCUT2D eigenvalue weighted by Gasteiger charge is 2.21. The lowest BCUT2D eigenvalue weighted by atomic mass is 10.4. The normalized spacial score (nSPS) is 12.1. The Bertz CT molecular complexity index is 869. The van der Waals surface area contributed by atoms with Crippen LogP contribution in [0, 0.1) is 0 Å². The zero-order valence-electron chi connectivity index (χ0n) is 15.1. The molecule has 0 atom stereocenters. The lowest BCUT2D eigenvalue weighted by molar-refractivity contribution is 0.471. The molecule has 0 aliphatic carbocycles. The van der Waals surface area contributed by atoms with Gasteiger partial charge in [0.25, 0.3) is 10.0 Å². The molecule has 7 nitrogen and oxygen atoms in total. The molecule has 0 aliphatic heterocycles. The Hall–Kier alpha value is -0.530. The van der Waals surface area contributed by atoms with Crippen molar-refractivity contribution in [2.75, 3.05) is 27.2 Å². The van der Waals surface area contributed by atoms with Gasteiger partial charge in [0.05, 0.1) is 11.6 Å². The van der Waals surface area contributed by atoms with Crippen LogP contribution in [0.1, 0.15) is 5.69 Å². The van der Waals surface area contributed by atoms with Gasteiger partial charge in [-0.25, -0.2) is 8.42 Å². The van der Waals surface area contributed by atoms with E-state index in [2.05, 4.69) is 15.6 Å². The maximum atomic E-state index is 12.4. The fourth-order valence-electron chi connectivity index (χ4n) is 2.17. The van der Waals surface area contributed by atoms with E-state index in [-0.39, 0.29) is 24.0 Å². The highest BCUT2D eigenvalue weighted by Crippen LogP contribution is 2.24. The lowest BCUT2D eigenvalue weighted by Crippen LogP contribution is -2.41. The van der Waals surface area contributed by atoms with Crippen molar-refractivity contribution in [2.24, 2.45) is 12.0 Å². The van der Waals surface area contributed by atoms with Gasteiger partial charge in [-0.3, -0.25) is 4.99 Å². The van der Waals surface area contributed by atoms with Crippen molar-refractivity contribution in [1.82, 2.24) is 19.5 Å². The fourth-order valence-corrected chi connectivity index (χ4v) is 4.96. The molecule has 0 radical (unpaired) electrons. The van der Waals surface area contributed by atoms with Gasteiger partial charge in [0.15, 0.2) is 5.96 Å². The van der Waals surface area contributed by atoms with Crippen molar-refractivity contribution >= 4 is 74.5 Å².